The van der Waals surface area contributed by atoms with Crippen molar-refractivity contribution in [3.63, 3.8) is 0 Å². The number of hydrogen-bond donors (Lipinski definition) is 0. The van der Waals surface area contributed by atoms with Crippen molar-refractivity contribution in [2.24, 2.45) is 13.0 Å². The molecule has 2 heterocycles. The lowest BCUT2D eigenvalue weighted by molar-refractivity contribution is 0.0681. The van der Waals surface area contributed by atoms with E-state index in [0.717, 1.165) is 43.3 Å². The van der Waals surface area contributed by atoms with Crippen LogP contribution in [0.5, 0.6) is 0 Å². The fraction of sp³-hybridized carbons (Fsp3) is 0.423. The standard InChI is InChI=1S/C26H33N3O3S/c1-4-29(5-2)33(31,32)23-11-12-24-22(18-23)19-25(27(24)3)26(30)28-15-13-21(14-16-28)17-20-9-7-6-8-10-20/h6-12,18-19,21H,4-5,13-17H2,1-3H3. The molecule has 7 heteroatoms. The van der Waals surface area contributed by atoms with Gasteiger partial charge in [-0.25, -0.2) is 8.42 Å². The minimum absolute atomic E-state index is 0.0139. The normalized spacial score (nSPS) is 15.5. The molecule has 0 saturated carbocycles. The number of aromatic nitrogens is 1. The van der Waals surface area contributed by atoms with Gasteiger partial charge in [0.2, 0.25) is 10.0 Å². The highest BCUT2D eigenvalue weighted by Crippen LogP contribution is 2.27. The third-order valence-corrected chi connectivity index (χ3v) is 8.89. The molecule has 1 aromatic heterocycles. The van der Waals surface area contributed by atoms with Crippen LogP contribution >= 0.6 is 0 Å². The first-order valence-electron chi connectivity index (χ1n) is 11.8. The molecular weight excluding hydrogens is 434 g/mol. The molecule has 0 atom stereocenters. The van der Waals surface area contributed by atoms with E-state index < -0.39 is 10.0 Å². The first-order chi connectivity index (χ1) is 15.8. The molecule has 1 saturated heterocycles. The SMILES string of the molecule is CCN(CC)S(=O)(=O)c1ccc2c(c1)cc(C(=O)N1CCC(Cc3ccccc3)CC1)n2C. The summed E-state index contributed by atoms with van der Waals surface area (Å²) in [6.45, 7) is 6.02. The average molecular weight is 468 g/mol. The van der Waals surface area contributed by atoms with Crippen LogP contribution in [0.2, 0.25) is 0 Å². The molecule has 0 radical (unpaired) electrons. The van der Waals surface area contributed by atoms with Crippen molar-refractivity contribution in [2.75, 3.05) is 26.2 Å². The van der Waals surface area contributed by atoms with Crippen molar-refractivity contribution in [3.05, 3.63) is 65.9 Å². The highest BCUT2D eigenvalue weighted by Gasteiger charge is 2.27. The second-order valence-corrected chi connectivity index (χ2v) is 10.8. The van der Waals surface area contributed by atoms with Gasteiger partial charge in [-0.15, -0.1) is 0 Å². The van der Waals surface area contributed by atoms with Crippen LogP contribution in [0.15, 0.2) is 59.5 Å². The number of rotatable bonds is 7. The smallest absolute Gasteiger partial charge is 0.270 e. The Kier molecular flexibility index (Phi) is 6.91. The predicted octanol–water partition coefficient (Wildman–Crippen LogP) is 4.30. The first-order valence-corrected chi connectivity index (χ1v) is 13.2. The quantitative estimate of drug-likeness (QED) is 0.520. The fourth-order valence-electron chi connectivity index (χ4n) is 4.86. The summed E-state index contributed by atoms with van der Waals surface area (Å²) in [4.78, 5) is 15.5. The Hall–Kier alpha value is -2.64. The highest BCUT2D eigenvalue weighted by molar-refractivity contribution is 7.89. The third kappa shape index (κ3) is 4.70. The summed E-state index contributed by atoms with van der Waals surface area (Å²) in [6.07, 6.45) is 3.05. The largest absolute Gasteiger partial charge is 0.340 e. The number of amides is 1. The van der Waals surface area contributed by atoms with E-state index in [2.05, 4.69) is 24.3 Å². The van der Waals surface area contributed by atoms with Crippen LogP contribution in [0.25, 0.3) is 10.9 Å². The fourth-order valence-corrected chi connectivity index (χ4v) is 6.35. The summed E-state index contributed by atoms with van der Waals surface area (Å²) in [5.41, 5.74) is 2.81. The lowest BCUT2D eigenvalue weighted by Gasteiger charge is -2.32. The Morgan fingerprint density at radius 1 is 1.00 bits per heavy atom. The summed E-state index contributed by atoms with van der Waals surface area (Å²) < 4.78 is 29.2. The topological polar surface area (TPSA) is 62.6 Å². The molecule has 0 unspecified atom stereocenters. The molecule has 1 fully saturated rings. The van der Waals surface area contributed by atoms with Gasteiger partial charge in [0.25, 0.3) is 5.91 Å². The molecule has 0 spiro atoms. The maximum atomic E-state index is 13.3. The predicted molar refractivity (Wildman–Crippen MR) is 132 cm³/mol. The Morgan fingerprint density at radius 3 is 2.30 bits per heavy atom. The zero-order valence-corrected chi connectivity index (χ0v) is 20.5. The molecule has 0 N–H and O–H groups in total. The van der Waals surface area contributed by atoms with Gasteiger partial charge in [0, 0.05) is 44.1 Å². The lowest BCUT2D eigenvalue weighted by Crippen LogP contribution is -2.39. The number of benzene rings is 2. The Balaban J connectivity index is 1.50. The van der Waals surface area contributed by atoms with Crippen molar-refractivity contribution in [3.8, 4) is 0 Å². The maximum absolute atomic E-state index is 13.3. The molecule has 4 rings (SSSR count). The zero-order valence-electron chi connectivity index (χ0n) is 19.7. The summed E-state index contributed by atoms with van der Waals surface area (Å²) in [5.74, 6) is 0.608. The number of piperidine rings is 1. The molecule has 6 nitrogen and oxygen atoms in total. The Bertz CT molecular complexity index is 1220. The van der Waals surface area contributed by atoms with E-state index in [4.69, 9.17) is 0 Å². The maximum Gasteiger partial charge on any atom is 0.270 e. The van der Waals surface area contributed by atoms with Crippen molar-refractivity contribution in [1.29, 1.82) is 0 Å². The van der Waals surface area contributed by atoms with Crippen LogP contribution in [-0.2, 0) is 23.5 Å². The molecule has 1 amide bonds. The van der Waals surface area contributed by atoms with E-state index in [-0.39, 0.29) is 10.8 Å². The van der Waals surface area contributed by atoms with E-state index in [0.29, 0.717) is 24.7 Å². The van der Waals surface area contributed by atoms with E-state index >= 15 is 0 Å². The number of aryl methyl sites for hydroxylation is 1. The molecule has 33 heavy (non-hydrogen) atoms. The van der Waals surface area contributed by atoms with Crippen LogP contribution in [0.4, 0.5) is 0 Å². The minimum Gasteiger partial charge on any atom is -0.340 e. The van der Waals surface area contributed by atoms with Gasteiger partial charge in [-0.2, -0.15) is 4.31 Å². The van der Waals surface area contributed by atoms with Gasteiger partial charge >= 0.3 is 0 Å². The van der Waals surface area contributed by atoms with Gasteiger partial charge in [-0.3, -0.25) is 4.79 Å². The van der Waals surface area contributed by atoms with Crippen molar-refractivity contribution in [2.45, 2.75) is 38.0 Å². The summed E-state index contributed by atoms with van der Waals surface area (Å²) in [7, 11) is -1.67. The summed E-state index contributed by atoms with van der Waals surface area (Å²) in [5, 5.41) is 0.771. The summed E-state index contributed by atoms with van der Waals surface area (Å²) in [6, 6.07) is 17.5. The molecular formula is C26H33N3O3S. The minimum atomic E-state index is -3.54. The molecule has 176 valence electrons. The molecule has 3 aromatic rings. The monoisotopic (exact) mass is 467 g/mol. The first kappa shape index (κ1) is 23.5. The second-order valence-electron chi connectivity index (χ2n) is 8.82. The Morgan fingerprint density at radius 2 is 1.67 bits per heavy atom. The molecule has 0 aliphatic carbocycles. The van der Waals surface area contributed by atoms with Crippen LogP contribution in [0.1, 0.15) is 42.7 Å². The van der Waals surface area contributed by atoms with Gasteiger partial charge in [0.15, 0.2) is 0 Å². The van der Waals surface area contributed by atoms with Crippen molar-refractivity contribution in [1.82, 2.24) is 13.8 Å². The van der Waals surface area contributed by atoms with Crippen LogP contribution in [-0.4, -0.2) is 54.3 Å². The van der Waals surface area contributed by atoms with Crippen LogP contribution < -0.4 is 0 Å². The number of nitrogens with zero attached hydrogens (tertiary/aromatic N) is 3. The molecule has 2 aromatic carbocycles. The summed E-state index contributed by atoms with van der Waals surface area (Å²) >= 11 is 0. The van der Waals surface area contributed by atoms with Crippen molar-refractivity contribution >= 4 is 26.8 Å². The average Bonchev–Trinajstić information content (AvgIpc) is 3.16. The third-order valence-electron chi connectivity index (χ3n) is 6.85. The van der Waals surface area contributed by atoms with Gasteiger partial charge in [0.05, 0.1) is 4.90 Å². The number of sulfonamides is 1. The van der Waals surface area contributed by atoms with Crippen LogP contribution in [0.3, 0.4) is 0 Å². The lowest BCUT2D eigenvalue weighted by atomic mass is 9.90. The van der Waals surface area contributed by atoms with Crippen LogP contribution in [0, 0.1) is 5.92 Å². The number of likely N-dealkylation sites (tertiary alicyclic amines) is 1. The van der Waals surface area contributed by atoms with Gasteiger partial charge < -0.3 is 9.47 Å². The molecule has 1 aliphatic heterocycles. The Labute approximate surface area is 196 Å². The second kappa shape index (κ2) is 9.69. The van der Waals surface area contributed by atoms with Gasteiger partial charge in [-0.05, 0) is 55.0 Å². The van der Waals surface area contributed by atoms with E-state index in [1.807, 2.05) is 42.5 Å². The van der Waals surface area contributed by atoms with Gasteiger partial charge in [0.1, 0.15) is 5.69 Å². The van der Waals surface area contributed by atoms with Gasteiger partial charge in [-0.1, -0.05) is 44.2 Å². The zero-order chi connectivity index (χ0) is 23.6. The van der Waals surface area contributed by atoms with E-state index in [1.54, 1.807) is 18.2 Å². The van der Waals surface area contributed by atoms with Crippen molar-refractivity contribution < 1.29 is 13.2 Å². The number of fused-ring (bicyclic) bond motifs is 1. The number of hydrogen-bond acceptors (Lipinski definition) is 3. The highest BCUT2D eigenvalue weighted by atomic mass is 32.2. The number of carbonyl (C=O) groups is 1. The van der Waals surface area contributed by atoms with E-state index in [9.17, 15) is 13.2 Å². The molecule has 1 aliphatic rings. The molecule has 0 bridgehead atoms. The van der Waals surface area contributed by atoms with E-state index in [1.165, 1.54) is 9.87 Å². The number of carbonyl (C=O) groups excluding carboxylic acids is 1.